The Balaban J connectivity index is 2.41. The molecule has 0 radical (unpaired) electrons. The van der Waals surface area contributed by atoms with Gasteiger partial charge in [-0.15, -0.1) is 0 Å². The quantitative estimate of drug-likeness (QED) is 0.891. The molecule has 1 amide bonds. The van der Waals surface area contributed by atoms with Crippen LogP contribution in [0.2, 0.25) is 5.02 Å². The number of benzene rings is 1. The van der Waals surface area contributed by atoms with Crippen LogP contribution in [0, 0.1) is 6.92 Å². The minimum Gasteiger partial charge on any atom is -0.353 e. The summed E-state index contributed by atoms with van der Waals surface area (Å²) in [4.78, 5) is 11.7. The molecule has 1 atom stereocenters. The van der Waals surface area contributed by atoms with E-state index in [-0.39, 0.29) is 17.3 Å². The summed E-state index contributed by atoms with van der Waals surface area (Å²) in [6, 6.07) is 3.88. The molecule has 1 fully saturated rings. The lowest BCUT2D eigenvalue weighted by Gasteiger charge is -2.31. The summed E-state index contributed by atoms with van der Waals surface area (Å²) in [5.74, 6) is -0.284. The van der Waals surface area contributed by atoms with Crippen molar-refractivity contribution < 1.29 is 13.2 Å². The molecule has 1 N–H and O–H groups in total. The van der Waals surface area contributed by atoms with Crippen molar-refractivity contribution in [3.8, 4) is 0 Å². The van der Waals surface area contributed by atoms with Crippen LogP contribution >= 0.6 is 11.6 Å². The third kappa shape index (κ3) is 2.61. The number of sulfonamides is 1. The fraction of sp³-hybridized carbons (Fsp3) is 0.417. The largest absolute Gasteiger partial charge is 0.353 e. The number of amides is 1. The van der Waals surface area contributed by atoms with Crippen LogP contribution in [0.15, 0.2) is 23.1 Å². The lowest BCUT2D eigenvalue weighted by atomic mass is 10.2. The molecule has 7 heteroatoms. The van der Waals surface area contributed by atoms with Gasteiger partial charge in [-0.2, -0.15) is 4.31 Å². The van der Waals surface area contributed by atoms with Crippen molar-refractivity contribution >= 4 is 27.5 Å². The molecule has 5 nitrogen and oxygen atoms in total. The molecule has 1 heterocycles. The van der Waals surface area contributed by atoms with E-state index >= 15 is 0 Å². The van der Waals surface area contributed by atoms with Gasteiger partial charge in [0.2, 0.25) is 15.9 Å². The van der Waals surface area contributed by atoms with Crippen LogP contribution < -0.4 is 5.32 Å². The Kier molecular flexibility index (Phi) is 3.85. The molecule has 0 spiro atoms. The summed E-state index contributed by atoms with van der Waals surface area (Å²) in [6.07, 6.45) is 0. The van der Waals surface area contributed by atoms with Crippen LogP contribution in [0.5, 0.6) is 0 Å². The molecule has 1 unspecified atom stereocenters. The zero-order chi connectivity index (χ0) is 14.2. The fourth-order valence-electron chi connectivity index (χ4n) is 1.96. The Morgan fingerprint density at radius 3 is 2.74 bits per heavy atom. The summed E-state index contributed by atoms with van der Waals surface area (Å²) < 4.78 is 26.2. The second kappa shape index (κ2) is 5.11. The maximum absolute atomic E-state index is 12.5. The average molecular weight is 303 g/mol. The van der Waals surface area contributed by atoms with Crippen molar-refractivity contribution in [2.75, 3.05) is 13.1 Å². The molecule has 1 aliphatic rings. The number of carbonyl (C=O) groups excluding carboxylic acids is 1. The molecule has 0 saturated carbocycles. The zero-order valence-corrected chi connectivity index (χ0v) is 12.3. The number of nitrogens with one attached hydrogen (secondary N) is 1. The van der Waals surface area contributed by atoms with Gasteiger partial charge < -0.3 is 5.32 Å². The van der Waals surface area contributed by atoms with Gasteiger partial charge in [-0.3, -0.25) is 4.79 Å². The molecular formula is C12H15ClN2O3S. The molecule has 104 valence electrons. The Morgan fingerprint density at radius 1 is 1.42 bits per heavy atom. The molecule has 0 aromatic heterocycles. The van der Waals surface area contributed by atoms with E-state index in [9.17, 15) is 13.2 Å². The van der Waals surface area contributed by atoms with Crippen LogP contribution in [0.3, 0.4) is 0 Å². The van der Waals surface area contributed by atoms with Gasteiger partial charge in [-0.25, -0.2) is 8.42 Å². The second-order valence-electron chi connectivity index (χ2n) is 4.49. The van der Waals surface area contributed by atoms with Crippen molar-refractivity contribution in [3.05, 3.63) is 28.8 Å². The number of hydrogen-bond donors (Lipinski definition) is 1. The van der Waals surface area contributed by atoms with E-state index in [0.29, 0.717) is 11.6 Å². The number of nitrogens with zero attached hydrogens (tertiary/aromatic N) is 1. The maximum Gasteiger partial charge on any atom is 0.243 e. The van der Waals surface area contributed by atoms with E-state index in [1.807, 2.05) is 0 Å². The van der Waals surface area contributed by atoms with Gasteiger partial charge in [0.1, 0.15) is 6.04 Å². The Labute approximate surface area is 117 Å². The summed E-state index contributed by atoms with van der Waals surface area (Å²) in [6.45, 7) is 3.96. The zero-order valence-electron chi connectivity index (χ0n) is 10.7. The first-order chi connectivity index (χ1) is 8.84. The van der Waals surface area contributed by atoms with Gasteiger partial charge in [-0.1, -0.05) is 17.7 Å². The first-order valence-corrected chi connectivity index (χ1v) is 7.71. The topological polar surface area (TPSA) is 66.5 Å². The van der Waals surface area contributed by atoms with Gasteiger partial charge in [0.15, 0.2) is 0 Å². The molecule has 19 heavy (non-hydrogen) atoms. The number of aryl methyl sites for hydroxylation is 1. The summed E-state index contributed by atoms with van der Waals surface area (Å²) in [7, 11) is -3.70. The number of piperazine rings is 1. The van der Waals surface area contributed by atoms with Gasteiger partial charge in [0.05, 0.1) is 4.90 Å². The van der Waals surface area contributed by atoms with E-state index in [2.05, 4.69) is 5.32 Å². The highest BCUT2D eigenvalue weighted by atomic mass is 35.5. The van der Waals surface area contributed by atoms with Gasteiger partial charge in [-0.05, 0) is 31.5 Å². The molecule has 1 aliphatic heterocycles. The first-order valence-electron chi connectivity index (χ1n) is 5.90. The van der Waals surface area contributed by atoms with Gasteiger partial charge in [0, 0.05) is 18.1 Å². The number of rotatable bonds is 2. The van der Waals surface area contributed by atoms with Crippen molar-refractivity contribution in [1.82, 2.24) is 9.62 Å². The van der Waals surface area contributed by atoms with Crippen LogP contribution in [0.1, 0.15) is 12.5 Å². The lowest BCUT2D eigenvalue weighted by Crippen LogP contribution is -2.55. The van der Waals surface area contributed by atoms with E-state index in [1.54, 1.807) is 19.9 Å². The van der Waals surface area contributed by atoms with Gasteiger partial charge >= 0.3 is 0 Å². The molecule has 2 rings (SSSR count). The highest BCUT2D eigenvalue weighted by Crippen LogP contribution is 2.24. The maximum atomic E-state index is 12.5. The molecule has 1 saturated heterocycles. The van der Waals surface area contributed by atoms with Gasteiger partial charge in [0.25, 0.3) is 0 Å². The van der Waals surface area contributed by atoms with E-state index in [1.165, 1.54) is 16.4 Å². The van der Waals surface area contributed by atoms with E-state index in [4.69, 9.17) is 11.6 Å². The fourth-order valence-corrected chi connectivity index (χ4v) is 3.83. The SMILES string of the molecule is Cc1ccc(S(=O)(=O)N2CCNC(=O)C2C)cc1Cl. The Morgan fingerprint density at radius 2 is 2.11 bits per heavy atom. The lowest BCUT2D eigenvalue weighted by molar-refractivity contribution is -0.126. The third-order valence-corrected chi connectivity index (χ3v) is 5.57. The summed E-state index contributed by atoms with van der Waals surface area (Å²) in [5, 5.41) is 3.03. The van der Waals surface area contributed by atoms with Crippen LogP contribution in [0.25, 0.3) is 0 Å². The highest BCUT2D eigenvalue weighted by Gasteiger charge is 2.35. The van der Waals surface area contributed by atoms with E-state index in [0.717, 1.165) is 5.56 Å². The molecule has 1 aromatic carbocycles. The summed E-state index contributed by atoms with van der Waals surface area (Å²) >= 11 is 5.96. The van der Waals surface area contributed by atoms with Crippen LogP contribution in [-0.4, -0.2) is 37.8 Å². The first kappa shape index (κ1) is 14.3. The summed E-state index contributed by atoms with van der Waals surface area (Å²) in [5.41, 5.74) is 0.810. The van der Waals surface area contributed by atoms with Crippen molar-refractivity contribution in [2.24, 2.45) is 0 Å². The minimum atomic E-state index is -3.70. The molecule has 0 bridgehead atoms. The smallest absolute Gasteiger partial charge is 0.243 e. The van der Waals surface area contributed by atoms with Crippen LogP contribution in [0.4, 0.5) is 0 Å². The number of hydrogen-bond acceptors (Lipinski definition) is 3. The third-order valence-electron chi connectivity index (χ3n) is 3.19. The van der Waals surface area contributed by atoms with E-state index < -0.39 is 16.1 Å². The number of carbonyl (C=O) groups is 1. The predicted molar refractivity (Wildman–Crippen MR) is 72.6 cm³/mol. The molecule has 1 aromatic rings. The molecular weight excluding hydrogens is 288 g/mol. The average Bonchev–Trinajstić information content (AvgIpc) is 2.35. The number of halogens is 1. The monoisotopic (exact) mass is 302 g/mol. The van der Waals surface area contributed by atoms with Crippen molar-refractivity contribution in [2.45, 2.75) is 24.8 Å². The van der Waals surface area contributed by atoms with Crippen molar-refractivity contribution in [3.63, 3.8) is 0 Å². The Hall–Kier alpha value is -1.11. The van der Waals surface area contributed by atoms with Crippen molar-refractivity contribution in [1.29, 1.82) is 0 Å². The standard InChI is InChI=1S/C12H15ClN2O3S/c1-8-3-4-10(7-11(8)13)19(17,18)15-6-5-14-12(16)9(15)2/h3-4,7,9H,5-6H2,1-2H3,(H,14,16). The molecule has 0 aliphatic carbocycles. The predicted octanol–water partition coefficient (Wildman–Crippen LogP) is 1.16. The minimum absolute atomic E-state index is 0.115. The normalized spacial score (nSPS) is 21.2. The second-order valence-corrected chi connectivity index (χ2v) is 6.79. The van der Waals surface area contributed by atoms with Crippen LogP contribution in [-0.2, 0) is 14.8 Å². The Bertz CT molecular complexity index is 615. The highest BCUT2D eigenvalue weighted by molar-refractivity contribution is 7.89.